The first-order valence-electron chi connectivity index (χ1n) is 8.19. The molecule has 4 heteroatoms. The van der Waals surface area contributed by atoms with Gasteiger partial charge >= 0.3 is 0 Å². The zero-order valence-corrected chi connectivity index (χ0v) is 12.9. The molecule has 2 aliphatic rings. The lowest BCUT2D eigenvalue weighted by molar-refractivity contribution is -0.135. The van der Waals surface area contributed by atoms with Gasteiger partial charge in [-0.15, -0.1) is 0 Å². The normalized spacial score (nSPS) is 22.1. The summed E-state index contributed by atoms with van der Waals surface area (Å²) in [6, 6.07) is 12.3. The van der Waals surface area contributed by atoms with Gasteiger partial charge in [0.15, 0.2) is 0 Å². The van der Waals surface area contributed by atoms with Gasteiger partial charge in [-0.1, -0.05) is 18.2 Å². The summed E-state index contributed by atoms with van der Waals surface area (Å²) in [4.78, 5) is 19.6. The van der Waals surface area contributed by atoms with Gasteiger partial charge in [-0.05, 0) is 55.5 Å². The molecule has 2 aromatic rings. The van der Waals surface area contributed by atoms with Crippen molar-refractivity contribution in [1.29, 1.82) is 0 Å². The third-order valence-corrected chi connectivity index (χ3v) is 5.10. The Bertz CT molecular complexity index is 710. The van der Waals surface area contributed by atoms with E-state index in [1.165, 1.54) is 12.1 Å². The van der Waals surface area contributed by atoms with Crippen LogP contribution in [0.5, 0.6) is 0 Å². The lowest BCUT2D eigenvalue weighted by Crippen LogP contribution is -2.39. The van der Waals surface area contributed by atoms with Crippen molar-refractivity contribution in [3.8, 4) is 0 Å². The first-order chi connectivity index (χ1) is 11.2. The molecule has 2 heterocycles. The molecule has 4 rings (SSSR count). The summed E-state index contributed by atoms with van der Waals surface area (Å²) in [5, 5.41) is 0. The Labute approximate surface area is 135 Å². The molecule has 1 atom stereocenters. The van der Waals surface area contributed by atoms with Gasteiger partial charge in [0.1, 0.15) is 5.82 Å². The number of hydrogen-bond donors (Lipinski definition) is 0. The van der Waals surface area contributed by atoms with Crippen molar-refractivity contribution in [3.05, 3.63) is 65.7 Å². The van der Waals surface area contributed by atoms with Crippen molar-refractivity contribution in [1.82, 2.24) is 9.88 Å². The molecular formula is C19H19FN2O. The number of rotatable bonds is 3. The fourth-order valence-corrected chi connectivity index (χ4v) is 3.69. The summed E-state index contributed by atoms with van der Waals surface area (Å²) in [5.74, 6) is -0.0817. The van der Waals surface area contributed by atoms with Gasteiger partial charge in [-0.3, -0.25) is 9.78 Å². The minimum atomic E-state index is -0.439. The summed E-state index contributed by atoms with van der Waals surface area (Å²) in [6.45, 7) is 0.781. The maximum atomic E-state index is 13.2. The van der Waals surface area contributed by atoms with Crippen LogP contribution in [-0.2, 0) is 10.2 Å². The largest absolute Gasteiger partial charge is 0.333 e. The molecule has 0 spiro atoms. The lowest BCUT2D eigenvalue weighted by Gasteiger charge is -2.29. The Morgan fingerprint density at radius 2 is 1.96 bits per heavy atom. The number of nitrogens with zero attached hydrogens (tertiary/aromatic N) is 2. The minimum absolute atomic E-state index is 0.0709. The Balaban J connectivity index is 1.62. The molecule has 0 unspecified atom stereocenters. The van der Waals surface area contributed by atoms with E-state index in [0.29, 0.717) is 0 Å². The van der Waals surface area contributed by atoms with Crippen LogP contribution >= 0.6 is 0 Å². The summed E-state index contributed by atoms with van der Waals surface area (Å²) in [7, 11) is 0. The molecule has 2 fully saturated rings. The molecule has 1 amide bonds. The highest BCUT2D eigenvalue weighted by Crippen LogP contribution is 2.51. The number of pyridine rings is 1. The van der Waals surface area contributed by atoms with Crippen LogP contribution in [-0.4, -0.2) is 22.3 Å². The van der Waals surface area contributed by atoms with Gasteiger partial charge in [-0.2, -0.15) is 0 Å². The van der Waals surface area contributed by atoms with Crippen molar-refractivity contribution >= 4 is 5.91 Å². The average molecular weight is 310 g/mol. The van der Waals surface area contributed by atoms with Crippen molar-refractivity contribution in [3.63, 3.8) is 0 Å². The van der Waals surface area contributed by atoms with E-state index >= 15 is 0 Å². The Morgan fingerprint density at radius 3 is 2.61 bits per heavy atom. The molecule has 118 valence electrons. The first-order valence-corrected chi connectivity index (χ1v) is 8.19. The molecule has 0 bridgehead atoms. The Hall–Kier alpha value is -2.23. The second-order valence-electron chi connectivity index (χ2n) is 6.50. The van der Waals surface area contributed by atoms with Gasteiger partial charge in [0.2, 0.25) is 5.91 Å². The lowest BCUT2D eigenvalue weighted by atomic mass is 9.93. The van der Waals surface area contributed by atoms with Crippen LogP contribution in [0.4, 0.5) is 4.39 Å². The van der Waals surface area contributed by atoms with Crippen LogP contribution in [0.1, 0.15) is 43.0 Å². The molecule has 0 N–H and O–H groups in total. The summed E-state index contributed by atoms with van der Waals surface area (Å²) in [6.07, 6.45) is 5.45. The van der Waals surface area contributed by atoms with E-state index < -0.39 is 5.41 Å². The van der Waals surface area contributed by atoms with E-state index in [1.54, 1.807) is 18.3 Å². The third kappa shape index (κ3) is 2.42. The van der Waals surface area contributed by atoms with E-state index in [2.05, 4.69) is 4.98 Å². The number of hydrogen-bond acceptors (Lipinski definition) is 2. The Kier molecular flexibility index (Phi) is 3.40. The zero-order valence-electron chi connectivity index (χ0n) is 12.9. The molecule has 1 aliphatic heterocycles. The van der Waals surface area contributed by atoms with Crippen molar-refractivity contribution in [2.75, 3.05) is 6.54 Å². The third-order valence-electron chi connectivity index (χ3n) is 5.10. The predicted molar refractivity (Wildman–Crippen MR) is 85.2 cm³/mol. The highest BCUT2D eigenvalue weighted by atomic mass is 19.1. The molecule has 3 nitrogen and oxygen atoms in total. The first kappa shape index (κ1) is 14.4. The highest BCUT2D eigenvalue weighted by molar-refractivity contribution is 5.91. The number of likely N-dealkylation sites (tertiary alicyclic amines) is 1. The van der Waals surface area contributed by atoms with Crippen molar-refractivity contribution in [2.24, 2.45) is 0 Å². The number of amides is 1. The molecule has 0 radical (unpaired) electrons. The smallest absolute Gasteiger partial charge is 0.233 e. The van der Waals surface area contributed by atoms with E-state index in [-0.39, 0.29) is 17.8 Å². The Morgan fingerprint density at radius 1 is 1.17 bits per heavy atom. The molecule has 1 saturated heterocycles. The van der Waals surface area contributed by atoms with E-state index in [9.17, 15) is 9.18 Å². The fourth-order valence-electron chi connectivity index (χ4n) is 3.69. The minimum Gasteiger partial charge on any atom is -0.333 e. The van der Waals surface area contributed by atoms with Crippen LogP contribution in [0.15, 0.2) is 48.7 Å². The summed E-state index contributed by atoms with van der Waals surface area (Å²) >= 11 is 0. The topological polar surface area (TPSA) is 33.2 Å². The molecular weight excluding hydrogens is 291 g/mol. The van der Waals surface area contributed by atoms with Gasteiger partial charge < -0.3 is 4.90 Å². The van der Waals surface area contributed by atoms with E-state index in [4.69, 9.17) is 0 Å². The molecule has 1 saturated carbocycles. The van der Waals surface area contributed by atoms with Gasteiger partial charge in [0, 0.05) is 12.7 Å². The van der Waals surface area contributed by atoms with Crippen LogP contribution in [0.25, 0.3) is 0 Å². The van der Waals surface area contributed by atoms with Crippen molar-refractivity contribution < 1.29 is 9.18 Å². The second-order valence-corrected chi connectivity index (χ2v) is 6.50. The standard InChI is InChI=1S/C19H19FN2O/c20-15-8-6-14(7-9-15)19(10-11-19)18(23)22-13-3-5-17(22)16-4-1-2-12-21-16/h1-2,4,6-9,12,17H,3,5,10-11,13H2/t17-/m1/s1. The number of carbonyl (C=O) groups is 1. The fraction of sp³-hybridized carbons (Fsp3) is 0.368. The number of aromatic nitrogens is 1. The van der Waals surface area contributed by atoms with Crippen LogP contribution in [0.2, 0.25) is 0 Å². The number of halogens is 1. The maximum Gasteiger partial charge on any atom is 0.233 e. The quantitative estimate of drug-likeness (QED) is 0.867. The van der Waals surface area contributed by atoms with E-state index in [0.717, 1.165) is 43.5 Å². The van der Waals surface area contributed by atoms with Crippen LogP contribution in [0, 0.1) is 5.82 Å². The number of carbonyl (C=O) groups excluding carboxylic acids is 1. The van der Waals surface area contributed by atoms with Crippen LogP contribution < -0.4 is 0 Å². The van der Waals surface area contributed by atoms with Gasteiger partial charge in [0.25, 0.3) is 0 Å². The van der Waals surface area contributed by atoms with E-state index in [1.807, 2.05) is 23.1 Å². The summed E-state index contributed by atoms with van der Waals surface area (Å²) in [5.41, 5.74) is 1.47. The summed E-state index contributed by atoms with van der Waals surface area (Å²) < 4.78 is 13.2. The van der Waals surface area contributed by atoms with Crippen LogP contribution in [0.3, 0.4) is 0 Å². The van der Waals surface area contributed by atoms with Gasteiger partial charge in [-0.25, -0.2) is 4.39 Å². The monoisotopic (exact) mass is 310 g/mol. The number of benzene rings is 1. The highest BCUT2D eigenvalue weighted by Gasteiger charge is 2.54. The maximum absolute atomic E-state index is 13.2. The molecule has 1 aliphatic carbocycles. The predicted octanol–water partition coefficient (Wildman–Crippen LogP) is 3.62. The SMILES string of the molecule is O=C(N1CCC[C@@H]1c1ccccn1)C1(c2ccc(F)cc2)CC1. The average Bonchev–Trinajstić information content (AvgIpc) is 3.25. The second kappa shape index (κ2) is 5.44. The molecule has 23 heavy (non-hydrogen) atoms. The zero-order chi connectivity index (χ0) is 15.9. The molecule has 1 aromatic heterocycles. The van der Waals surface area contributed by atoms with Gasteiger partial charge in [0.05, 0.1) is 17.2 Å². The van der Waals surface area contributed by atoms with Crippen molar-refractivity contribution in [2.45, 2.75) is 37.1 Å². The molecule has 1 aromatic carbocycles.